The fourth-order valence-electron chi connectivity index (χ4n) is 2.88. The first-order chi connectivity index (χ1) is 12.3. The summed E-state index contributed by atoms with van der Waals surface area (Å²) in [4.78, 5) is 4.90. The maximum Gasteiger partial charge on any atom is 0.145 e. The third-order valence-electron chi connectivity index (χ3n) is 4.14. The molecule has 4 rings (SSSR count). The molecule has 0 spiro atoms. The molecule has 0 fully saturated rings. The van der Waals surface area contributed by atoms with Crippen LogP contribution in [-0.4, -0.2) is 16.7 Å². The van der Waals surface area contributed by atoms with Gasteiger partial charge >= 0.3 is 0 Å². The van der Waals surface area contributed by atoms with E-state index in [4.69, 9.17) is 9.72 Å². The Hall–Kier alpha value is -3.33. The molecule has 0 aliphatic heterocycles. The number of methoxy groups -OCH3 is 1. The molecule has 3 nitrogen and oxygen atoms in total. The molecular weight excluding hydrogens is 308 g/mol. The molecule has 0 N–H and O–H groups in total. The lowest BCUT2D eigenvalue weighted by Crippen LogP contribution is -1.96. The van der Waals surface area contributed by atoms with E-state index in [9.17, 15) is 0 Å². The standard InChI is InChI=1S/C22H18N2O/c1-25-20-14-8-13-19(15-20)24-16-21(17-9-4-2-5-10-17)23-22(24)18-11-6-3-7-12-18/h2-16H,1H3. The zero-order valence-corrected chi connectivity index (χ0v) is 14.0. The van der Waals surface area contributed by atoms with E-state index in [1.54, 1.807) is 7.11 Å². The summed E-state index contributed by atoms with van der Waals surface area (Å²) < 4.78 is 7.49. The molecule has 1 aromatic heterocycles. The van der Waals surface area contributed by atoms with Gasteiger partial charge in [-0.25, -0.2) is 4.98 Å². The second-order valence-electron chi connectivity index (χ2n) is 5.75. The second-order valence-corrected chi connectivity index (χ2v) is 5.75. The van der Waals surface area contributed by atoms with Gasteiger partial charge in [-0.2, -0.15) is 0 Å². The van der Waals surface area contributed by atoms with Gasteiger partial charge in [0.2, 0.25) is 0 Å². The lowest BCUT2D eigenvalue weighted by molar-refractivity contribution is 0.414. The van der Waals surface area contributed by atoms with Crippen molar-refractivity contribution in [3.8, 4) is 34.1 Å². The van der Waals surface area contributed by atoms with Gasteiger partial charge in [0.05, 0.1) is 18.5 Å². The topological polar surface area (TPSA) is 27.1 Å². The summed E-state index contributed by atoms with van der Waals surface area (Å²) in [5.41, 5.74) is 4.14. The van der Waals surface area contributed by atoms with Crippen LogP contribution in [0.1, 0.15) is 0 Å². The predicted molar refractivity (Wildman–Crippen MR) is 101 cm³/mol. The van der Waals surface area contributed by atoms with Crippen LogP contribution in [0, 0.1) is 0 Å². The summed E-state index contributed by atoms with van der Waals surface area (Å²) in [6.07, 6.45) is 2.08. The highest BCUT2D eigenvalue weighted by Gasteiger charge is 2.13. The Bertz CT molecular complexity index is 975. The third kappa shape index (κ3) is 3.04. The average molecular weight is 326 g/mol. The van der Waals surface area contributed by atoms with Crippen LogP contribution in [0.2, 0.25) is 0 Å². The van der Waals surface area contributed by atoms with Gasteiger partial charge in [-0.15, -0.1) is 0 Å². The van der Waals surface area contributed by atoms with Crippen molar-refractivity contribution in [1.82, 2.24) is 9.55 Å². The molecule has 122 valence electrons. The quantitative estimate of drug-likeness (QED) is 0.514. The van der Waals surface area contributed by atoms with E-state index in [0.717, 1.165) is 34.1 Å². The zero-order valence-electron chi connectivity index (χ0n) is 14.0. The highest BCUT2D eigenvalue weighted by atomic mass is 16.5. The molecule has 0 bridgehead atoms. The minimum Gasteiger partial charge on any atom is -0.497 e. The fraction of sp³-hybridized carbons (Fsp3) is 0.0455. The van der Waals surface area contributed by atoms with E-state index in [1.165, 1.54) is 0 Å². The summed E-state index contributed by atoms with van der Waals surface area (Å²) >= 11 is 0. The number of hydrogen-bond donors (Lipinski definition) is 0. The van der Waals surface area contributed by atoms with E-state index >= 15 is 0 Å². The van der Waals surface area contributed by atoms with Gasteiger partial charge in [0.15, 0.2) is 0 Å². The number of rotatable bonds is 4. The van der Waals surface area contributed by atoms with Crippen LogP contribution < -0.4 is 4.74 Å². The van der Waals surface area contributed by atoms with Crippen molar-refractivity contribution < 1.29 is 4.74 Å². The first kappa shape index (κ1) is 15.2. The third-order valence-corrected chi connectivity index (χ3v) is 4.14. The molecule has 0 amide bonds. The highest BCUT2D eigenvalue weighted by molar-refractivity contribution is 5.67. The van der Waals surface area contributed by atoms with Crippen LogP contribution in [0.15, 0.2) is 91.1 Å². The molecule has 0 saturated carbocycles. The smallest absolute Gasteiger partial charge is 0.145 e. The molecule has 3 aromatic carbocycles. The number of hydrogen-bond acceptors (Lipinski definition) is 2. The molecule has 0 saturated heterocycles. The highest BCUT2D eigenvalue weighted by Crippen LogP contribution is 2.28. The number of imidazole rings is 1. The van der Waals surface area contributed by atoms with Crippen LogP contribution in [0.3, 0.4) is 0 Å². The fourth-order valence-corrected chi connectivity index (χ4v) is 2.88. The molecular formula is C22H18N2O. The number of aromatic nitrogens is 2. The van der Waals surface area contributed by atoms with E-state index in [1.807, 2.05) is 54.6 Å². The molecule has 3 heteroatoms. The minimum atomic E-state index is 0.825. The second kappa shape index (κ2) is 6.65. The monoisotopic (exact) mass is 326 g/mol. The Balaban J connectivity index is 1.91. The molecule has 4 aromatic rings. The summed E-state index contributed by atoms with van der Waals surface area (Å²) in [5, 5.41) is 0. The van der Waals surface area contributed by atoms with Gasteiger partial charge in [-0.3, -0.25) is 4.57 Å². The van der Waals surface area contributed by atoms with E-state index in [2.05, 4.69) is 41.1 Å². The number of benzene rings is 3. The van der Waals surface area contributed by atoms with Crippen LogP contribution >= 0.6 is 0 Å². The Kier molecular flexibility index (Phi) is 4.05. The Labute approximate surface area is 147 Å². The molecule has 0 radical (unpaired) electrons. The zero-order chi connectivity index (χ0) is 17.1. The van der Waals surface area contributed by atoms with Crippen LogP contribution in [-0.2, 0) is 0 Å². The van der Waals surface area contributed by atoms with Crippen LogP contribution in [0.25, 0.3) is 28.3 Å². The average Bonchev–Trinajstić information content (AvgIpc) is 3.15. The van der Waals surface area contributed by atoms with Gasteiger partial charge in [-0.05, 0) is 12.1 Å². The largest absolute Gasteiger partial charge is 0.497 e. The number of nitrogens with zero attached hydrogens (tertiary/aromatic N) is 2. The lowest BCUT2D eigenvalue weighted by Gasteiger charge is -2.09. The van der Waals surface area contributed by atoms with Crippen molar-refractivity contribution >= 4 is 0 Å². The van der Waals surface area contributed by atoms with E-state index in [-0.39, 0.29) is 0 Å². The van der Waals surface area contributed by atoms with Crippen molar-refractivity contribution in [2.24, 2.45) is 0 Å². The first-order valence-electron chi connectivity index (χ1n) is 8.20. The number of ether oxygens (including phenoxy) is 1. The Morgan fingerprint density at radius 3 is 2.12 bits per heavy atom. The van der Waals surface area contributed by atoms with E-state index in [0.29, 0.717) is 0 Å². The van der Waals surface area contributed by atoms with Crippen molar-refractivity contribution in [3.05, 3.63) is 91.1 Å². The maximum absolute atomic E-state index is 5.38. The maximum atomic E-state index is 5.38. The normalized spacial score (nSPS) is 10.6. The summed E-state index contributed by atoms with van der Waals surface area (Å²) in [7, 11) is 1.68. The molecule has 0 aliphatic carbocycles. The lowest BCUT2D eigenvalue weighted by atomic mass is 10.2. The van der Waals surface area contributed by atoms with Crippen molar-refractivity contribution in [2.75, 3.05) is 7.11 Å². The SMILES string of the molecule is COc1cccc(-n2cc(-c3ccccc3)nc2-c2ccccc2)c1. The summed E-state index contributed by atoms with van der Waals surface area (Å²) in [5.74, 6) is 1.74. The molecule has 0 unspecified atom stereocenters. The van der Waals surface area contributed by atoms with Crippen LogP contribution in [0.5, 0.6) is 5.75 Å². The Morgan fingerprint density at radius 1 is 0.760 bits per heavy atom. The predicted octanol–water partition coefficient (Wildman–Crippen LogP) is 5.21. The van der Waals surface area contributed by atoms with Gasteiger partial charge in [0.25, 0.3) is 0 Å². The summed E-state index contributed by atoms with van der Waals surface area (Å²) in [6.45, 7) is 0. The molecule has 0 atom stereocenters. The van der Waals surface area contributed by atoms with E-state index < -0.39 is 0 Å². The van der Waals surface area contributed by atoms with Gasteiger partial charge in [-0.1, -0.05) is 66.7 Å². The first-order valence-corrected chi connectivity index (χ1v) is 8.20. The molecule has 0 aliphatic rings. The molecule has 25 heavy (non-hydrogen) atoms. The van der Waals surface area contributed by atoms with Gasteiger partial charge in [0, 0.05) is 23.4 Å². The minimum absolute atomic E-state index is 0.825. The van der Waals surface area contributed by atoms with Crippen LogP contribution in [0.4, 0.5) is 0 Å². The summed E-state index contributed by atoms with van der Waals surface area (Å²) in [6, 6.07) is 28.5. The molecule has 1 heterocycles. The van der Waals surface area contributed by atoms with Crippen molar-refractivity contribution in [3.63, 3.8) is 0 Å². The van der Waals surface area contributed by atoms with Crippen molar-refractivity contribution in [1.29, 1.82) is 0 Å². The van der Waals surface area contributed by atoms with Crippen molar-refractivity contribution in [2.45, 2.75) is 0 Å². The van der Waals surface area contributed by atoms with Gasteiger partial charge in [0.1, 0.15) is 11.6 Å². The van der Waals surface area contributed by atoms with Gasteiger partial charge < -0.3 is 4.74 Å². The Morgan fingerprint density at radius 2 is 1.44 bits per heavy atom.